The molecule has 15 heavy (non-hydrogen) atoms. The summed E-state index contributed by atoms with van der Waals surface area (Å²) < 4.78 is 4.94. The minimum atomic E-state index is -0.310. The van der Waals surface area contributed by atoms with E-state index in [2.05, 4.69) is 4.98 Å². The predicted molar refractivity (Wildman–Crippen MR) is 57.0 cm³/mol. The molecule has 0 aromatic carbocycles. The quantitative estimate of drug-likeness (QED) is 0.694. The molecule has 0 radical (unpaired) electrons. The average molecular weight is 205 g/mol. The van der Waals surface area contributed by atoms with Crippen LogP contribution in [0.3, 0.4) is 0 Å². The van der Waals surface area contributed by atoms with Gasteiger partial charge in [-0.1, -0.05) is 0 Å². The fraction of sp³-hybridized carbons (Fsp3) is 0.500. The molecule has 0 amide bonds. The standard InChI is InChI=1S/C12H15NO2/c1-3-15-12(14)11-7-9-5-4-6-10(9)8(2)13-11/h7H,3-6H2,1-2H3. The van der Waals surface area contributed by atoms with E-state index in [4.69, 9.17) is 4.74 Å². The molecule has 0 aliphatic heterocycles. The van der Waals surface area contributed by atoms with Crippen LogP contribution in [0.1, 0.15) is 40.7 Å². The maximum Gasteiger partial charge on any atom is 0.356 e. The second-order valence-corrected chi connectivity index (χ2v) is 3.80. The highest BCUT2D eigenvalue weighted by Gasteiger charge is 2.18. The Balaban J connectivity index is 2.35. The number of ether oxygens (including phenoxy) is 1. The molecule has 0 unspecified atom stereocenters. The summed E-state index contributed by atoms with van der Waals surface area (Å²) in [6, 6.07) is 1.88. The minimum absolute atomic E-state index is 0.310. The van der Waals surface area contributed by atoms with Crippen molar-refractivity contribution in [2.45, 2.75) is 33.1 Å². The van der Waals surface area contributed by atoms with Gasteiger partial charge in [0.2, 0.25) is 0 Å². The van der Waals surface area contributed by atoms with Crippen molar-refractivity contribution < 1.29 is 9.53 Å². The topological polar surface area (TPSA) is 39.2 Å². The van der Waals surface area contributed by atoms with Gasteiger partial charge >= 0.3 is 5.97 Å². The zero-order valence-corrected chi connectivity index (χ0v) is 9.17. The van der Waals surface area contributed by atoms with E-state index in [1.807, 2.05) is 13.0 Å². The van der Waals surface area contributed by atoms with Gasteiger partial charge in [0.25, 0.3) is 0 Å². The lowest BCUT2D eigenvalue weighted by Gasteiger charge is -2.06. The molecule has 0 fully saturated rings. The van der Waals surface area contributed by atoms with E-state index in [1.165, 1.54) is 17.5 Å². The van der Waals surface area contributed by atoms with E-state index >= 15 is 0 Å². The molecule has 1 heterocycles. The number of rotatable bonds is 2. The third kappa shape index (κ3) is 1.87. The van der Waals surface area contributed by atoms with Gasteiger partial charge in [-0.2, -0.15) is 0 Å². The van der Waals surface area contributed by atoms with E-state index in [1.54, 1.807) is 6.92 Å². The van der Waals surface area contributed by atoms with Gasteiger partial charge < -0.3 is 4.74 Å². The van der Waals surface area contributed by atoms with Crippen molar-refractivity contribution in [1.82, 2.24) is 4.98 Å². The first kappa shape index (κ1) is 10.1. The first-order valence-electron chi connectivity index (χ1n) is 5.39. The molecule has 80 valence electrons. The van der Waals surface area contributed by atoms with Crippen LogP contribution >= 0.6 is 0 Å². The third-order valence-electron chi connectivity index (χ3n) is 2.78. The number of pyridine rings is 1. The summed E-state index contributed by atoms with van der Waals surface area (Å²) in [5.74, 6) is -0.310. The molecule has 0 bridgehead atoms. The van der Waals surface area contributed by atoms with Gasteiger partial charge in [-0.25, -0.2) is 9.78 Å². The first-order chi connectivity index (χ1) is 7.22. The van der Waals surface area contributed by atoms with E-state index in [0.29, 0.717) is 12.3 Å². The summed E-state index contributed by atoms with van der Waals surface area (Å²) >= 11 is 0. The molecule has 3 heteroatoms. The summed E-state index contributed by atoms with van der Waals surface area (Å²) in [7, 11) is 0. The van der Waals surface area contributed by atoms with Crippen molar-refractivity contribution in [3.05, 3.63) is 28.6 Å². The van der Waals surface area contributed by atoms with Gasteiger partial charge in [0.15, 0.2) is 0 Å². The monoisotopic (exact) mass is 205 g/mol. The molecule has 0 saturated carbocycles. The van der Waals surface area contributed by atoms with Crippen LogP contribution in [-0.2, 0) is 17.6 Å². The molecule has 1 aromatic heterocycles. The largest absolute Gasteiger partial charge is 0.461 e. The van der Waals surface area contributed by atoms with Crippen LogP contribution in [0.5, 0.6) is 0 Å². The maximum absolute atomic E-state index is 11.5. The fourth-order valence-electron chi connectivity index (χ4n) is 2.09. The number of nitrogens with zero attached hydrogens (tertiary/aromatic N) is 1. The first-order valence-corrected chi connectivity index (χ1v) is 5.39. The van der Waals surface area contributed by atoms with E-state index in [0.717, 1.165) is 18.5 Å². The molecular weight excluding hydrogens is 190 g/mol. The zero-order chi connectivity index (χ0) is 10.8. The Morgan fingerprint density at radius 1 is 1.53 bits per heavy atom. The molecule has 2 rings (SSSR count). The summed E-state index contributed by atoms with van der Waals surface area (Å²) in [6.45, 7) is 4.17. The Kier molecular flexibility index (Phi) is 2.71. The Morgan fingerprint density at radius 3 is 3.07 bits per heavy atom. The van der Waals surface area contributed by atoms with Crippen LogP contribution in [0.25, 0.3) is 0 Å². The van der Waals surface area contributed by atoms with Crippen molar-refractivity contribution in [1.29, 1.82) is 0 Å². The molecule has 0 N–H and O–H groups in total. The van der Waals surface area contributed by atoms with Crippen LogP contribution < -0.4 is 0 Å². The van der Waals surface area contributed by atoms with Crippen LogP contribution in [0.4, 0.5) is 0 Å². The van der Waals surface area contributed by atoms with Crippen LogP contribution in [0.15, 0.2) is 6.07 Å². The Hall–Kier alpha value is -1.38. The summed E-state index contributed by atoms with van der Waals surface area (Å²) in [5.41, 5.74) is 4.02. The normalized spacial score (nSPS) is 13.7. The highest BCUT2D eigenvalue weighted by atomic mass is 16.5. The number of aryl methyl sites for hydroxylation is 2. The maximum atomic E-state index is 11.5. The zero-order valence-electron chi connectivity index (χ0n) is 9.17. The highest BCUT2D eigenvalue weighted by Crippen LogP contribution is 2.24. The highest BCUT2D eigenvalue weighted by molar-refractivity contribution is 5.87. The van der Waals surface area contributed by atoms with Crippen LogP contribution in [-0.4, -0.2) is 17.6 Å². The Morgan fingerprint density at radius 2 is 2.33 bits per heavy atom. The third-order valence-corrected chi connectivity index (χ3v) is 2.78. The summed E-state index contributed by atoms with van der Waals surface area (Å²) in [4.78, 5) is 15.8. The van der Waals surface area contributed by atoms with Gasteiger partial charge in [0.05, 0.1) is 6.61 Å². The second-order valence-electron chi connectivity index (χ2n) is 3.80. The molecule has 1 aliphatic rings. The van der Waals surface area contributed by atoms with Crippen molar-refractivity contribution in [2.75, 3.05) is 6.61 Å². The van der Waals surface area contributed by atoms with Gasteiger partial charge in [-0.15, -0.1) is 0 Å². The SMILES string of the molecule is CCOC(=O)c1cc2c(c(C)n1)CCC2. The van der Waals surface area contributed by atoms with E-state index in [9.17, 15) is 4.79 Å². The molecule has 0 spiro atoms. The lowest BCUT2D eigenvalue weighted by Crippen LogP contribution is -2.09. The van der Waals surface area contributed by atoms with Crippen molar-refractivity contribution in [3.63, 3.8) is 0 Å². The Labute approximate surface area is 89.5 Å². The van der Waals surface area contributed by atoms with Gasteiger partial charge in [0.1, 0.15) is 5.69 Å². The number of esters is 1. The number of carbonyl (C=O) groups excluding carboxylic acids is 1. The van der Waals surface area contributed by atoms with Crippen LogP contribution in [0, 0.1) is 6.92 Å². The Bertz CT molecular complexity index is 399. The lowest BCUT2D eigenvalue weighted by molar-refractivity contribution is 0.0519. The van der Waals surface area contributed by atoms with E-state index in [-0.39, 0.29) is 5.97 Å². The lowest BCUT2D eigenvalue weighted by atomic mass is 10.1. The summed E-state index contributed by atoms with van der Waals surface area (Å²) in [6.07, 6.45) is 3.33. The average Bonchev–Trinajstić information content (AvgIpc) is 2.66. The molecule has 1 aliphatic carbocycles. The number of hydrogen-bond acceptors (Lipinski definition) is 3. The van der Waals surface area contributed by atoms with Crippen molar-refractivity contribution in [3.8, 4) is 0 Å². The van der Waals surface area contributed by atoms with Gasteiger partial charge in [0, 0.05) is 5.69 Å². The molecule has 0 atom stereocenters. The molecular formula is C12H15NO2. The molecule has 0 saturated heterocycles. The van der Waals surface area contributed by atoms with Crippen molar-refractivity contribution >= 4 is 5.97 Å². The number of hydrogen-bond donors (Lipinski definition) is 0. The molecule has 3 nitrogen and oxygen atoms in total. The predicted octanol–water partition coefficient (Wildman–Crippen LogP) is 2.06. The fourth-order valence-corrected chi connectivity index (χ4v) is 2.09. The van der Waals surface area contributed by atoms with Crippen LogP contribution in [0.2, 0.25) is 0 Å². The van der Waals surface area contributed by atoms with E-state index < -0.39 is 0 Å². The van der Waals surface area contributed by atoms with Gasteiger partial charge in [-0.3, -0.25) is 0 Å². The van der Waals surface area contributed by atoms with Gasteiger partial charge in [-0.05, 0) is 50.3 Å². The smallest absolute Gasteiger partial charge is 0.356 e. The number of aromatic nitrogens is 1. The summed E-state index contributed by atoms with van der Waals surface area (Å²) in [5, 5.41) is 0. The molecule has 1 aromatic rings. The minimum Gasteiger partial charge on any atom is -0.461 e. The second kappa shape index (κ2) is 4.01. The van der Waals surface area contributed by atoms with Crippen molar-refractivity contribution in [2.24, 2.45) is 0 Å². The number of carbonyl (C=O) groups is 1. The number of fused-ring (bicyclic) bond motifs is 1.